The molecule has 0 aliphatic carbocycles. The minimum atomic E-state index is 0.135. The molecule has 2 aromatic heterocycles. The van der Waals surface area contributed by atoms with Crippen LogP contribution in [0.4, 0.5) is 17.5 Å². The molecule has 0 unspecified atom stereocenters. The van der Waals surface area contributed by atoms with E-state index in [1.54, 1.807) is 0 Å². The van der Waals surface area contributed by atoms with Crippen LogP contribution in [0.2, 0.25) is 0 Å². The molecular formula is C30H37N9O. The Morgan fingerprint density at radius 2 is 1.88 bits per heavy atom. The molecule has 0 spiro atoms. The number of aromatic amines is 1. The summed E-state index contributed by atoms with van der Waals surface area (Å²) in [5.74, 6) is 1.70. The van der Waals surface area contributed by atoms with Gasteiger partial charge in [0.25, 0.3) is 0 Å². The fourth-order valence-electron chi connectivity index (χ4n) is 7.00. The van der Waals surface area contributed by atoms with Gasteiger partial charge in [0.1, 0.15) is 18.2 Å². The predicted octanol–water partition coefficient (Wildman–Crippen LogP) is 4.07. The first-order valence-corrected chi connectivity index (χ1v) is 14.6. The number of hydrogen-bond acceptors (Lipinski definition) is 9. The van der Waals surface area contributed by atoms with Crippen LogP contribution < -0.4 is 20.7 Å². The second-order valence-corrected chi connectivity index (χ2v) is 11.3. The molecule has 3 aliphatic rings. The summed E-state index contributed by atoms with van der Waals surface area (Å²) in [5, 5.41) is 12.9. The van der Waals surface area contributed by atoms with Crippen molar-refractivity contribution in [2.24, 2.45) is 0 Å². The summed E-state index contributed by atoms with van der Waals surface area (Å²) in [7, 11) is 0. The summed E-state index contributed by atoms with van der Waals surface area (Å²) in [6.45, 7) is 7.22. The third-order valence-corrected chi connectivity index (χ3v) is 8.99. The minimum absolute atomic E-state index is 0.135. The van der Waals surface area contributed by atoms with E-state index in [4.69, 9.17) is 20.4 Å². The normalized spacial score (nSPS) is 18.2. The molecule has 40 heavy (non-hydrogen) atoms. The van der Waals surface area contributed by atoms with E-state index < -0.39 is 0 Å². The summed E-state index contributed by atoms with van der Waals surface area (Å²) >= 11 is 0. The predicted molar refractivity (Wildman–Crippen MR) is 157 cm³/mol. The number of nitrogen functional groups attached to an aromatic ring is 1. The average molecular weight is 540 g/mol. The molecule has 4 N–H and O–H groups in total. The van der Waals surface area contributed by atoms with Gasteiger partial charge in [-0.3, -0.25) is 10.00 Å². The number of nitrogens with two attached hydrogens (primary N) is 1. The van der Waals surface area contributed by atoms with Gasteiger partial charge in [0.15, 0.2) is 0 Å². The third kappa shape index (κ3) is 4.50. The number of benzene rings is 2. The number of ether oxygens (including phenoxy) is 1. The van der Waals surface area contributed by atoms with Gasteiger partial charge in [0, 0.05) is 23.2 Å². The van der Waals surface area contributed by atoms with Crippen LogP contribution in [0.1, 0.15) is 55.3 Å². The SMILES string of the molecule is CCc1cccc2cccc(N3CCc4c(nc(OCC56CCCN5CCC6)nc4NCc4nc(N)n[nH]4)C3)c12. The topological polar surface area (TPSA) is 121 Å². The third-order valence-electron chi connectivity index (χ3n) is 8.99. The first-order chi connectivity index (χ1) is 19.6. The number of aryl methyl sites for hydroxylation is 1. The van der Waals surface area contributed by atoms with E-state index in [0.29, 0.717) is 31.5 Å². The summed E-state index contributed by atoms with van der Waals surface area (Å²) in [6.07, 6.45) is 6.68. The van der Waals surface area contributed by atoms with Gasteiger partial charge in [-0.25, -0.2) is 0 Å². The number of fused-ring (bicyclic) bond motifs is 3. The molecule has 7 rings (SSSR count). The molecule has 0 radical (unpaired) electrons. The first-order valence-electron chi connectivity index (χ1n) is 14.6. The molecule has 2 aromatic carbocycles. The Hall–Kier alpha value is -3.92. The van der Waals surface area contributed by atoms with Crippen molar-refractivity contribution in [2.75, 3.05) is 42.2 Å². The fourth-order valence-corrected chi connectivity index (χ4v) is 7.00. The Kier molecular flexibility index (Phi) is 6.42. The Bertz CT molecular complexity index is 1520. The zero-order valence-electron chi connectivity index (χ0n) is 23.1. The molecule has 0 amide bonds. The lowest BCUT2D eigenvalue weighted by molar-refractivity contribution is 0.107. The van der Waals surface area contributed by atoms with Crippen LogP contribution in [-0.4, -0.2) is 61.8 Å². The standard InChI is InChI=1S/C30H37N9O/c1-2-20-7-3-8-21-9-4-10-24(26(20)21)38-16-11-22-23(18-38)33-29(35-27(22)32-17-25-34-28(31)37-36-25)40-19-30-12-5-14-39(30)15-6-13-30/h3-4,7-10H,2,5-6,11-19H2,1H3,(H,32,33,35)(H3,31,34,36,37). The number of nitrogens with one attached hydrogen (secondary N) is 2. The van der Waals surface area contributed by atoms with Crippen LogP contribution in [-0.2, 0) is 25.9 Å². The highest BCUT2D eigenvalue weighted by Gasteiger charge is 2.45. The van der Waals surface area contributed by atoms with Gasteiger partial charge >= 0.3 is 6.01 Å². The molecule has 0 saturated carbocycles. The van der Waals surface area contributed by atoms with Gasteiger partial charge in [0.05, 0.1) is 24.3 Å². The quantitative estimate of drug-likeness (QED) is 0.304. The van der Waals surface area contributed by atoms with Crippen molar-refractivity contribution < 1.29 is 4.74 Å². The maximum absolute atomic E-state index is 6.43. The van der Waals surface area contributed by atoms with E-state index in [-0.39, 0.29) is 11.5 Å². The van der Waals surface area contributed by atoms with Crippen LogP contribution in [0.25, 0.3) is 10.8 Å². The van der Waals surface area contributed by atoms with Crippen molar-refractivity contribution in [3.63, 3.8) is 0 Å². The summed E-state index contributed by atoms with van der Waals surface area (Å²) in [5.41, 5.74) is 10.6. The minimum Gasteiger partial charge on any atom is -0.461 e. The van der Waals surface area contributed by atoms with Crippen molar-refractivity contribution in [3.05, 3.63) is 59.0 Å². The van der Waals surface area contributed by atoms with Gasteiger partial charge in [-0.05, 0) is 68.6 Å². The average Bonchev–Trinajstić information content (AvgIpc) is 3.69. The van der Waals surface area contributed by atoms with E-state index >= 15 is 0 Å². The molecule has 10 heteroatoms. The summed E-state index contributed by atoms with van der Waals surface area (Å²) in [4.78, 5) is 19.2. The maximum atomic E-state index is 6.43. The number of anilines is 3. The van der Waals surface area contributed by atoms with Crippen molar-refractivity contribution >= 4 is 28.2 Å². The number of H-pyrrole nitrogens is 1. The Morgan fingerprint density at radius 1 is 1.05 bits per heavy atom. The molecule has 4 aromatic rings. The number of rotatable bonds is 8. The van der Waals surface area contributed by atoms with Gasteiger partial charge in [-0.2, -0.15) is 15.0 Å². The first kappa shape index (κ1) is 25.1. The lowest BCUT2D eigenvalue weighted by Crippen LogP contribution is -2.43. The number of hydrogen-bond donors (Lipinski definition) is 3. The second kappa shape index (κ2) is 10.2. The molecular weight excluding hydrogens is 502 g/mol. The van der Waals surface area contributed by atoms with Crippen molar-refractivity contribution in [1.29, 1.82) is 0 Å². The largest absolute Gasteiger partial charge is 0.461 e. The molecule has 0 bridgehead atoms. The maximum Gasteiger partial charge on any atom is 0.318 e. The van der Waals surface area contributed by atoms with Gasteiger partial charge in [-0.1, -0.05) is 37.3 Å². The van der Waals surface area contributed by atoms with Gasteiger partial charge < -0.3 is 20.7 Å². The van der Waals surface area contributed by atoms with Crippen LogP contribution in [0.3, 0.4) is 0 Å². The van der Waals surface area contributed by atoms with Crippen LogP contribution in [0.15, 0.2) is 36.4 Å². The Morgan fingerprint density at radius 3 is 2.65 bits per heavy atom. The zero-order valence-corrected chi connectivity index (χ0v) is 23.1. The lowest BCUT2D eigenvalue weighted by Gasteiger charge is -2.33. The zero-order chi connectivity index (χ0) is 27.1. The lowest BCUT2D eigenvalue weighted by atomic mass is 9.95. The number of aromatic nitrogens is 5. The van der Waals surface area contributed by atoms with Crippen LogP contribution in [0, 0.1) is 0 Å². The Labute approximate surface area is 234 Å². The molecule has 3 aliphatic heterocycles. The monoisotopic (exact) mass is 539 g/mol. The van der Waals surface area contributed by atoms with Crippen molar-refractivity contribution in [3.8, 4) is 6.01 Å². The fraction of sp³-hybridized carbons (Fsp3) is 0.467. The van der Waals surface area contributed by atoms with E-state index in [2.05, 4.69) is 73.6 Å². The molecule has 10 nitrogen and oxygen atoms in total. The van der Waals surface area contributed by atoms with Crippen LogP contribution in [0.5, 0.6) is 6.01 Å². The van der Waals surface area contributed by atoms with Gasteiger partial charge in [-0.15, -0.1) is 5.10 Å². The molecule has 0 atom stereocenters. The number of nitrogens with zero attached hydrogens (tertiary/aromatic N) is 6. The highest BCUT2D eigenvalue weighted by molar-refractivity contribution is 5.97. The molecule has 208 valence electrons. The smallest absolute Gasteiger partial charge is 0.318 e. The summed E-state index contributed by atoms with van der Waals surface area (Å²) < 4.78 is 6.43. The molecule has 2 saturated heterocycles. The summed E-state index contributed by atoms with van der Waals surface area (Å²) in [6, 6.07) is 13.7. The van der Waals surface area contributed by atoms with E-state index in [1.807, 2.05) is 0 Å². The highest BCUT2D eigenvalue weighted by Crippen LogP contribution is 2.39. The van der Waals surface area contributed by atoms with Crippen molar-refractivity contribution in [1.82, 2.24) is 30.0 Å². The highest BCUT2D eigenvalue weighted by atomic mass is 16.5. The van der Waals surface area contributed by atoms with E-state index in [1.165, 1.54) is 60.8 Å². The van der Waals surface area contributed by atoms with Gasteiger partial charge in [0.2, 0.25) is 5.95 Å². The van der Waals surface area contributed by atoms with E-state index in [0.717, 1.165) is 36.5 Å². The van der Waals surface area contributed by atoms with Crippen molar-refractivity contribution in [2.45, 2.75) is 64.1 Å². The second-order valence-electron chi connectivity index (χ2n) is 11.3. The van der Waals surface area contributed by atoms with E-state index in [9.17, 15) is 0 Å². The molecule has 5 heterocycles. The van der Waals surface area contributed by atoms with Crippen LogP contribution >= 0.6 is 0 Å². The molecule has 2 fully saturated rings. The Balaban J connectivity index is 1.20.